The summed E-state index contributed by atoms with van der Waals surface area (Å²) in [6, 6.07) is 12.5. The number of benzene rings is 1. The van der Waals surface area contributed by atoms with Gasteiger partial charge in [-0.1, -0.05) is 37.1 Å². The van der Waals surface area contributed by atoms with Crippen LogP contribution >= 0.6 is 11.8 Å². The molecule has 0 atom stereocenters. The number of aromatic amines is 1. The van der Waals surface area contributed by atoms with Crippen LogP contribution in [0.4, 0.5) is 0 Å². The van der Waals surface area contributed by atoms with E-state index in [2.05, 4.69) is 41.6 Å². The monoisotopic (exact) mass is 325 g/mol. The highest BCUT2D eigenvalue weighted by Gasteiger charge is 2.16. The molecule has 1 saturated carbocycles. The number of aryl methyl sites for hydroxylation is 1. The Morgan fingerprint density at radius 3 is 2.43 bits per heavy atom. The second-order valence-corrected chi connectivity index (χ2v) is 7.12. The number of H-pyrrole nitrogens is 1. The first-order valence-corrected chi connectivity index (χ1v) is 9.46. The number of aromatic nitrogens is 1. The Hall–Kier alpha value is -1.74. The van der Waals surface area contributed by atoms with Crippen LogP contribution in [0.5, 0.6) is 0 Å². The van der Waals surface area contributed by atoms with Gasteiger partial charge in [0, 0.05) is 21.7 Å². The number of allylic oxidation sites excluding steroid dienone is 1. The first kappa shape index (κ1) is 16.1. The molecule has 2 nitrogen and oxygen atoms in total. The summed E-state index contributed by atoms with van der Waals surface area (Å²) in [5.74, 6) is 0.620. The molecule has 120 valence electrons. The van der Waals surface area contributed by atoms with E-state index < -0.39 is 0 Å². The zero-order valence-electron chi connectivity index (χ0n) is 13.8. The van der Waals surface area contributed by atoms with E-state index in [1.54, 1.807) is 11.8 Å². The van der Waals surface area contributed by atoms with Crippen molar-refractivity contribution in [2.24, 2.45) is 5.92 Å². The van der Waals surface area contributed by atoms with Crippen molar-refractivity contribution in [1.82, 2.24) is 4.98 Å². The molecule has 2 aromatic rings. The Labute approximate surface area is 142 Å². The number of nitrogens with one attached hydrogen (secondary N) is 1. The summed E-state index contributed by atoms with van der Waals surface area (Å²) < 4.78 is 0. The maximum atomic E-state index is 12.0. The molecule has 3 heteroatoms. The summed E-state index contributed by atoms with van der Waals surface area (Å²) in [5.41, 5.74) is 4.01. The van der Waals surface area contributed by atoms with E-state index in [4.69, 9.17) is 0 Å². The molecule has 1 aromatic carbocycles. The summed E-state index contributed by atoms with van der Waals surface area (Å²) in [7, 11) is 0. The fourth-order valence-electron chi connectivity index (χ4n) is 3.18. The van der Waals surface area contributed by atoms with Crippen LogP contribution in [0.3, 0.4) is 0 Å². The summed E-state index contributed by atoms with van der Waals surface area (Å²) >= 11 is 1.75. The standard InChI is InChI=1S/C20H23NOS/c1-14-7-12-19(21-20(14)22)18(13-15-5-3-4-6-15)16-8-10-17(23-2)11-9-16/h7-13,15H,3-6H2,1-2H3,(H,21,22)/b18-13-. The molecular formula is C20H23NOS. The second kappa shape index (κ2) is 7.22. The molecule has 1 fully saturated rings. The van der Waals surface area contributed by atoms with Gasteiger partial charge in [-0.05, 0) is 55.7 Å². The molecule has 1 N–H and O–H groups in total. The van der Waals surface area contributed by atoms with E-state index in [9.17, 15) is 4.79 Å². The van der Waals surface area contributed by atoms with Crippen molar-refractivity contribution in [3.05, 3.63) is 69.6 Å². The van der Waals surface area contributed by atoms with Crippen LogP contribution in [-0.2, 0) is 0 Å². The summed E-state index contributed by atoms with van der Waals surface area (Å²) in [6.07, 6.45) is 9.57. The predicted molar refractivity (Wildman–Crippen MR) is 99.1 cm³/mol. The normalized spacial score (nSPS) is 16.0. The molecular weight excluding hydrogens is 302 g/mol. The second-order valence-electron chi connectivity index (χ2n) is 6.24. The summed E-state index contributed by atoms with van der Waals surface area (Å²) in [6.45, 7) is 1.84. The maximum absolute atomic E-state index is 12.0. The van der Waals surface area contributed by atoms with Gasteiger partial charge in [0.25, 0.3) is 5.56 Å². The van der Waals surface area contributed by atoms with Crippen LogP contribution in [0.1, 0.15) is 42.5 Å². The highest BCUT2D eigenvalue weighted by atomic mass is 32.2. The van der Waals surface area contributed by atoms with Gasteiger partial charge in [-0.15, -0.1) is 11.8 Å². The van der Waals surface area contributed by atoms with E-state index in [1.807, 2.05) is 19.1 Å². The van der Waals surface area contributed by atoms with Crippen molar-refractivity contribution in [1.29, 1.82) is 0 Å². The lowest BCUT2D eigenvalue weighted by atomic mass is 9.96. The quantitative estimate of drug-likeness (QED) is 0.800. The minimum atomic E-state index is 0.000515. The highest BCUT2D eigenvalue weighted by molar-refractivity contribution is 7.98. The molecule has 23 heavy (non-hydrogen) atoms. The third kappa shape index (κ3) is 3.78. The Morgan fingerprint density at radius 2 is 1.83 bits per heavy atom. The van der Waals surface area contributed by atoms with Crippen molar-refractivity contribution >= 4 is 17.3 Å². The van der Waals surface area contributed by atoms with Gasteiger partial charge < -0.3 is 4.98 Å². The van der Waals surface area contributed by atoms with Gasteiger partial charge in [0.2, 0.25) is 0 Å². The van der Waals surface area contributed by atoms with Crippen molar-refractivity contribution in [2.75, 3.05) is 6.26 Å². The van der Waals surface area contributed by atoms with Crippen molar-refractivity contribution < 1.29 is 0 Å². The van der Waals surface area contributed by atoms with E-state index >= 15 is 0 Å². The highest BCUT2D eigenvalue weighted by Crippen LogP contribution is 2.32. The Balaban J connectivity index is 2.04. The molecule has 1 aliphatic rings. The first-order valence-electron chi connectivity index (χ1n) is 8.24. The van der Waals surface area contributed by atoms with Gasteiger partial charge in [-0.2, -0.15) is 0 Å². The Bertz CT molecular complexity index is 752. The average Bonchev–Trinajstić information content (AvgIpc) is 3.09. The van der Waals surface area contributed by atoms with Crippen LogP contribution in [0.2, 0.25) is 0 Å². The topological polar surface area (TPSA) is 32.9 Å². The van der Waals surface area contributed by atoms with Gasteiger partial charge >= 0.3 is 0 Å². The number of pyridine rings is 1. The third-order valence-electron chi connectivity index (χ3n) is 4.60. The SMILES string of the molecule is CSc1ccc(/C(=C/C2CCCC2)c2ccc(C)c(=O)[nH]2)cc1. The molecule has 1 aliphatic carbocycles. The first-order chi connectivity index (χ1) is 11.2. The number of thioether (sulfide) groups is 1. The van der Waals surface area contributed by atoms with E-state index in [1.165, 1.54) is 36.1 Å². The molecule has 0 unspecified atom stereocenters. The Kier molecular flexibility index (Phi) is 5.06. The number of hydrogen-bond donors (Lipinski definition) is 1. The maximum Gasteiger partial charge on any atom is 0.251 e. The van der Waals surface area contributed by atoms with Gasteiger partial charge in [0.05, 0.1) is 0 Å². The van der Waals surface area contributed by atoms with Gasteiger partial charge in [0.15, 0.2) is 0 Å². The smallest absolute Gasteiger partial charge is 0.251 e. The zero-order valence-corrected chi connectivity index (χ0v) is 14.6. The molecule has 3 rings (SSSR count). The lowest BCUT2D eigenvalue weighted by Gasteiger charge is -2.12. The third-order valence-corrected chi connectivity index (χ3v) is 5.34. The summed E-state index contributed by atoms with van der Waals surface area (Å²) in [4.78, 5) is 16.3. The van der Waals surface area contributed by atoms with Gasteiger partial charge in [-0.3, -0.25) is 4.79 Å². The lowest BCUT2D eigenvalue weighted by Crippen LogP contribution is -2.11. The molecule has 0 saturated heterocycles. The molecule has 1 heterocycles. The summed E-state index contributed by atoms with van der Waals surface area (Å²) in [5, 5.41) is 0. The van der Waals surface area contributed by atoms with Crippen LogP contribution < -0.4 is 5.56 Å². The van der Waals surface area contributed by atoms with Gasteiger partial charge in [0.1, 0.15) is 0 Å². The van der Waals surface area contributed by atoms with E-state index in [0.29, 0.717) is 5.92 Å². The largest absolute Gasteiger partial charge is 0.322 e. The lowest BCUT2D eigenvalue weighted by molar-refractivity contribution is 0.687. The minimum absolute atomic E-state index is 0.000515. The fraction of sp³-hybridized carbons (Fsp3) is 0.350. The molecule has 0 amide bonds. The molecule has 0 aliphatic heterocycles. The van der Waals surface area contributed by atoms with Gasteiger partial charge in [-0.25, -0.2) is 0 Å². The van der Waals surface area contributed by atoms with Crippen molar-refractivity contribution in [2.45, 2.75) is 37.5 Å². The minimum Gasteiger partial charge on any atom is -0.322 e. The molecule has 0 radical (unpaired) electrons. The Morgan fingerprint density at radius 1 is 1.13 bits per heavy atom. The average molecular weight is 325 g/mol. The van der Waals surface area contributed by atoms with Crippen LogP contribution in [0.25, 0.3) is 5.57 Å². The molecule has 0 spiro atoms. The number of rotatable bonds is 4. The van der Waals surface area contributed by atoms with Crippen molar-refractivity contribution in [3.63, 3.8) is 0 Å². The molecule has 0 bridgehead atoms. The van der Waals surface area contributed by atoms with E-state index in [0.717, 1.165) is 16.8 Å². The van der Waals surface area contributed by atoms with Crippen LogP contribution in [0.15, 0.2) is 52.2 Å². The predicted octanol–water partition coefficient (Wildman–Crippen LogP) is 5.03. The molecule has 1 aromatic heterocycles. The van der Waals surface area contributed by atoms with E-state index in [-0.39, 0.29) is 5.56 Å². The van der Waals surface area contributed by atoms with Crippen LogP contribution in [0, 0.1) is 12.8 Å². The zero-order chi connectivity index (χ0) is 16.2. The number of hydrogen-bond acceptors (Lipinski definition) is 2. The fourth-order valence-corrected chi connectivity index (χ4v) is 3.58. The van der Waals surface area contributed by atoms with Crippen molar-refractivity contribution in [3.8, 4) is 0 Å². The van der Waals surface area contributed by atoms with Crippen LogP contribution in [-0.4, -0.2) is 11.2 Å².